The monoisotopic (exact) mass is 259 g/mol. The van der Waals surface area contributed by atoms with Gasteiger partial charge >= 0.3 is 0 Å². The maximum Gasteiger partial charge on any atom is 0.130 e. The number of nitrogens with two attached hydrogens (primary N) is 1. The summed E-state index contributed by atoms with van der Waals surface area (Å²) in [6.45, 7) is 5.97. The van der Waals surface area contributed by atoms with Gasteiger partial charge in [-0.1, -0.05) is 38.4 Å². The van der Waals surface area contributed by atoms with Gasteiger partial charge in [0.15, 0.2) is 0 Å². The summed E-state index contributed by atoms with van der Waals surface area (Å²) in [5, 5.41) is 10.3. The van der Waals surface area contributed by atoms with Gasteiger partial charge in [0.05, 0.1) is 6.10 Å². The molecule has 0 aliphatic heterocycles. The Morgan fingerprint density at radius 3 is 2.47 bits per heavy atom. The van der Waals surface area contributed by atoms with Crippen molar-refractivity contribution in [2.75, 3.05) is 0 Å². The van der Waals surface area contributed by atoms with Gasteiger partial charge in [0, 0.05) is 16.6 Å². The lowest BCUT2D eigenvalue weighted by atomic mass is 9.83. The van der Waals surface area contributed by atoms with Crippen molar-refractivity contribution < 1.29 is 9.50 Å². The van der Waals surface area contributed by atoms with E-state index in [9.17, 15) is 9.50 Å². The second kappa shape index (κ2) is 5.34. The first-order valence-corrected chi connectivity index (χ1v) is 5.98. The zero-order valence-electron chi connectivity index (χ0n) is 10.4. The summed E-state index contributed by atoms with van der Waals surface area (Å²) in [6, 6.07) is 4.05. The lowest BCUT2D eigenvalue weighted by Crippen LogP contribution is -2.36. The molecule has 0 saturated heterocycles. The molecule has 0 bridgehead atoms. The molecule has 1 rings (SSSR count). The van der Waals surface area contributed by atoms with E-state index >= 15 is 0 Å². The highest BCUT2D eigenvalue weighted by Crippen LogP contribution is 2.28. The molecule has 0 aliphatic carbocycles. The molecule has 96 valence electrons. The van der Waals surface area contributed by atoms with Crippen molar-refractivity contribution in [1.29, 1.82) is 0 Å². The normalized spacial score (nSPS) is 15.7. The average molecular weight is 260 g/mol. The molecule has 17 heavy (non-hydrogen) atoms. The molecule has 0 fully saturated rings. The van der Waals surface area contributed by atoms with E-state index in [-0.39, 0.29) is 17.0 Å². The highest BCUT2D eigenvalue weighted by Gasteiger charge is 2.25. The average Bonchev–Trinajstić information content (AvgIpc) is 2.15. The van der Waals surface area contributed by atoms with Crippen LogP contribution in [0.4, 0.5) is 4.39 Å². The van der Waals surface area contributed by atoms with E-state index in [1.165, 1.54) is 12.1 Å². The Kier molecular flexibility index (Phi) is 4.53. The molecule has 0 heterocycles. The van der Waals surface area contributed by atoms with Crippen LogP contribution in [0.2, 0.25) is 5.02 Å². The number of benzene rings is 1. The third-order valence-electron chi connectivity index (χ3n) is 2.91. The van der Waals surface area contributed by atoms with Gasteiger partial charge < -0.3 is 10.8 Å². The summed E-state index contributed by atoms with van der Waals surface area (Å²) >= 11 is 5.65. The first kappa shape index (κ1) is 14.4. The molecule has 0 saturated carbocycles. The van der Waals surface area contributed by atoms with Crippen LogP contribution in [0.25, 0.3) is 0 Å². The van der Waals surface area contributed by atoms with Gasteiger partial charge in [0.2, 0.25) is 0 Å². The highest BCUT2D eigenvalue weighted by molar-refractivity contribution is 6.30. The standard InChI is InChI=1S/C13H19ClFNO/c1-13(2,3)12(16)7-11(17)9-5-4-8(14)6-10(9)15/h4-6,11-12,17H,7,16H2,1-3H3/t11-,12-/m1/s1. The molecule has 0 amide bonds. The second-order valence-corrected chi connectivity index (χ2v) is 5.83. The quantitative estimate of drug-likeness (QED) is 0.875. The van der Waals surface area contributed by atoms with E-state index < -0.39 is 11.9 Å². The van der Waals surface area contributed by atoms with Crippen molar-refractivity contribution in [3.8, 4) is 0 Å². The fraction of sp³-hybridized carbons (Fsp3) is 0.538. The lowest BCUT2D eigenvalue weighted by molar-refractivity contribution is 0.130. The Morgan fingerprint density at radius 1 is 1.41 bits per heavy atom. The molecule has 3 N–H and O–H groups in total. The van der Waals surface area contributed by atoms with Crippen molar-refractivity contribution in [2.24, 2.45) is 11.1 Å². The molecule has 0 radical (unpaired) electrons. The van der Waals surface area contributed by atoms with Crippen LogP contribution in [0.1, 0.15) is 38.9 Å². The van der Waals surface area contributed by atoms with E-state index in [1.54, 1.807) is 6.07 Å². The smallest absolute Gasteiger partial charge is 0.130 e. The van der Waals surface area contributed by atoms with Gasteiger partial charge in [-0.15, -0.1) is 0 Å². The largest absolute Gasteiger partial charge is 0.388 e. The van der Waals surface area contributed by atoms with Crippen LogP contribution < -0.4 is 5.73 Å². The molecule has 0 unspecified atom stereocenters. The predicted octanol–water partition coefficient (Wildman–Crippen LogP) is 3.28. The minimum Gasteiger partial charge on any atom is -0.388 e. The minimum absolute atomic E-state index is 0.121. The van der Waals surface area contributed by atoms with Gasteiger partial charge in [-0.3, -0.25) is 0 Å². The highest BCUT2D eigenvalue weighted by atomic mass is 35.5. The van der Waals surface area contributed by atoms with E-state index in [0.29, 0.717) is 11.4 Å². The first-order chi connectivity index (χ1) is 7.71. The lowest BCUT2D eigenvalue weighted by Gasteiger charge is -2.29. The van der Waals surface area contributed by atoms with Gasteiger partial charge in [0.25, 0.3) is 0 Å². The van der Waals surface area contributed by atoms with Crippen LogP contribution in [-0.2, 0) is 0 Å². The maximum absolute atomic E-state index is 13.6. The van der Waals surface area contributed by atoms with Gasteiger partial charge in [-0.25, -0.2) is 4.39 Å². The second-order valence-electron chi connectivity index (χ2n) is 5.39. The van der Waals surface area contributed by atoms with Crippen LogP contribution in [0.5, 0.6) is 0 Å². The van der Waals surface area contributed by atoms with Crippen molar-refractivity contribution in [1.82, 2.24) is 0 Å². The molecular weight excluding hydrogens is 241 g/mol. The van der Waals surface area contributed by atoms with Crippen LogP contribution in [0, 0.1) is 11.2 Å². The van der Waals surface area contributed by atoms with E-state index in [4.69, 9.17) is 17.3 Å². The molecule has 4 heteroatoms. The number of aliphatic hydroxyl groups excluding tert-OH is 1. The van der Waals surface area contributed by atoms with Gasteiger partial charge in [-0.05, 0) is 24.0 Å². The fourth-order valence-corrected chi connectivity index (χ4v) is 1.65. The number of rotatable bonds is 3. The Bertz CT molecular complexity index is 389. The topological polar surface area (TPSA) is 46.2 Å². The minimum atomic E-state index is -0.901. The van der Waals surface area contributed by atoms with E-state index in [0.717, 1.165) is 0 Å². The summed E-state index contributed by atoms with van der Waals surface area (Å²) in [4.78, 5) is 0. The Labute approximate surface area is 107 Å². The molecule has 0 spiro atoms. The SMILES string of the molecule is CC(C)(C)[C@H](N)C[C@@H](O)c1ccc(Cl)cc1F. The van der Waals surface area contributed by atoms with Crippen molar-refractivity contribution in [2.45, 2.75) is 39.3 Å². The number of hydrogen-bond donors (Lipinski definition) is 2. The van der Waals surface area contributed by atoms with E-state index in [2.05, 4.69) is 0 Å². The van der Waals surface area contributed by atoms with Gasteiger partial charge in [0.1, 0.15) is 5.82 Å². The number of aliphatic hydroxyl groups is 1. The Hall–Kier alpha value is -0.640. The summed E-state index contributed by atoms with van der Waals surface area (Å²) < 4.78 is 13.6. The summed E-state index contributed by atoms with van der Waals surface area (Å²) in [6.07, 6.45) is -0.580. The Morgan fingerprint density at radius 2 is 2.00 bits per heavy atom. The summed E-state index contributed by atoms with van der Waals surface area (Å²) in [5.41, 5.74) is 6.08. The van der Waals surface area contributed by atoms with Crippen LogP contribution in [0.15, 0.2) is 18.2 Å². The molecule has 1 aromatic rings. The molecule has 0 aromatic heterocycles. The molecule has 2 nitrogen and oxygen atoms in total. The molecular formula is C13H19ClFNO. The zero-order chi connectivity index (χ0) is 13.2. The Balaban J connectivity index is 2.80. The van der Waals surface area contributed by atoms with Crippen molar-refractivity contribution in [3.05, 3.63) is 34.6 Å². The number of halogens is 2. The molecule has 1 aromatic carbocycles. The third-order valence-corrected chi connectivity index (χ3v) is 3.15. The maximum atomic E-state index is 13.6. The van der Waals surface area contributed by atoms with E-state index in [1.807, 2.05) is 20.8 Å². The molecule has 2 atom stereocenters. The molecule has 0 aliphatic rings. The van der Waals surface area contributed by atoms with Crippen LogP contribution in [-0.4, -0.2) is 11.1 Å². The van der Waals surface area contributed by atoms with Crippen LogP contribution in [0.3, 0.4) is 0 Å². The number of hydrogen-bond acceptors (Lipinski definition) is 2. The third kappa shape index (κ3) is 3.95. The summed E-state index contributed by atoms with van der Waals surface area (Å²) in [5.74, 6) is -0.494. The fourth-order valence-electron chi connectivity index (χ4n) is 1.49. The van der Waals surface area contributed by atoms with Crippen molar-refractivity contribution >= 4 is 11.6 Å². The van der Waals surface area contributed by atoms with Crippen molar-refractivity contribution in [3.63, 3.8) is 0 Å². The predicted molar refractivity (Wildman–Crippen MR) is 68.4 cm³/mol. The summed E-state index contributed by atoms with van der Waals surface area (Å²) in [7, 11) is 0. The van der Waals surface area contributed by atoms with Crippen LogP contribution >= 0.6 is 11.6 Å². The zero-order valence-corrected chi connectivity index (χ0v) is 11.1. The first-order valence-electron chi connectivity index (χ1n) is 5.60. The van der Waals surface area contributed by atoms with Gasteiger partial charge in [-0.2, -0.15) is 0 Å².